The van der Waals surface area contributed by atoms with Gasteiger partial charge in [0.2, 0.25) is 0 Å². The molecule has 0 saturated heterocycles. The van der Waals surface area contributed by atoms with Gasteiger partial charge in [-0.15, -0.1) is 5.10 Å². The van der Waals surface area contributed by atoms with Crippen molar-refractivity contribution in [2.24, 2.45) is 4.99 Å². The Morgan fingerprint density at radius 2 is 2.32 bits per heavy atom. The largest absolute Gasteiger partial charge is 0.358 e. The number of nitriles is 1. The molecule has 1 aromatic carbocycles. The minimum atomic E-state index is -0.273. The summed E-state index contributed by atoms with van der Waals surface area (Å²) in [6.45, 7) is 0. The van der Waals surface area contributed by atoms with Gasteiger partial charge < -0.3 is 10.1 Å². The second-order valence-corrected chi connectivity index (χ2v) is 4.89. The van der Waals surface area contributed by atoms with Crippen LogP contribution in [0.3, 0.4) is 0 Å². The maximum atomic E-state index is 8.88. The van der Waals surface area contributed by atoms with Crippen LogP contribution in [-0.2, 0) is 4.74 Å². The van der Waals surface area contributed by atoms with E-state index in [-0.39, 0.29) is 11.9 Å². The average Bonchev–Trinajstić information content (AvgIpc) is 3.03. The molecule has 0 fully saturated rings. The van der Waals surface area contributed by atoms with E-state index in [4.69, 9.17) is 21.6 Å². The number of hydrogen-bond acceptors (Lipinski definition) is 6. The molecule has 110 valence electrons. The van der Waals surface area contributed by atoms with Crippen molar-refractivity contribution < 1.29 is 4.74 Å². The van der Waals surface area contributed by atoms with Crippen LogP contribution < -0.4 is 5.32 Å². The Kier molecular flexibility index (Phi) is 3.87. The van der Waals surface area contributed by atoms with E-state index < -0.39 is 0 Å². The summed E-state index contributed by atoms with van der Waals surface area (Å²) < 4.78 is 6.77. The molecule has 22 heavy (non-hydrogen) atoms. The number of aliphatic imine (C=N–C) groups is 1. The number of halogens is 1. The predicted octanol–water partition coefficient (Wildman–Crippen LogP) is 1.74. The molecule has 1 atom stereocenters. The number of methoxy groups -OCH3 is 1. The molecule has 1 aliphatic heterocycles. The molecule has 7 nitrogen and oxygen atoms in total. The molecule has 0 radical (unpaired) electrons. The second kappa shape index (κ2) is 5.97. The number of nitrogens with zero attached hydrogens (tertiary/aromatic N) is 5. The minimum Gasteiger partial charge on any atom is -0.358 e. The fraction of sp³-hybridized carbons (Fsp3) is 0.143. The van der Waals surface area contributed by atoms with E-state index >= 15 is 0 Å². The normalized spacial score (nSPS) is 16.8. The smallest absolute Gasteiger partial charge is 0.183 e. The number of nitrogens with one attached hydrogen (secondary N) is 1. The van der Waals surface area contributed by atoms with Gasteiger partial charge in [0.15, 0.2) is 5.69 Å². The quantitative estimate of drug-likeness (QED) is 0.932. The van der Waals surface area contributed by atoms with Crippen LogP contribution in [0.25, 0.3) is 11.4 Å². The Hall–Kier alpha value is -2.69. The molecule has 0 saturated carbocycles. The summed E-state index contributed by atoms with van der Waals surface area (Å²) in [5, 5.41) is 20.1. The van der Waals surface area contributed by atoms with Crippen LogP contribution in [0.1, 0.15) is 11.3 Å². The van der Waals surface area contributed by atoms with Crippen molar-refractivity contribution in [3.63, 3.8) is 0 Å². The Morgan fingerprint density at radius 3 is 3.05 bits per heavy atom. The predicted molar refractivity (Wildman–Crippen MR) is 81.5 cm³/mol. The average molecular weight is 315 g/mol. The zero-order chi connectivity index (χ0) is 15.5. The second-order valence-electron chi connectivity index (χ2n) is 4.45. The van der Waals surface area contributed by atoms with Gasteiger partial charge in [0.05, 0.1) is 23.9 Å². The minimum absolute atomic E-state index is 0.235. The van der Waals surface area contributed by atoms with Gasteiger partial charge in [0.1, 0.15) is 12.3 Å². The van der Waals surface area contributed by atoms with Crippen molar-refractivity contribution in [2.45, 2.75) is 6.23 Å². The lowest BCUT2D eigenvalue weighted by molar-refractivity contribution is 0.130. The summed E-state index contributed by atoms with van der Waals surface area (Å²) in [4.78, 5) is 4.31. The molecule has 2 heterocycles. The zero-order valence-electron chi connectivity index (χ0n) is 11.6. The molecule has 1 unspecified atom stereocenters. The maximum absolute atomic E-state index is 8.88. The zero-order valence-corrected chi connectivity index (χ0v) is 12.3. The van der Waals surface area contributed by atoms with Crippen LogP contribution >= 0.6 is 11.6 Å². The number of aromatic nitrogens is 3. The van der Waals surface area contributed by atoms with E-state index in [1.54, 1.807) is 37.8 Å². The van der Waals surface area contributed by atoms with Gasteiger partial charge in [0.25, 0.3) is 0 Å². The molecule has 0 aliphatic carbocycles. The first kappa shape index (κ1) is 14.3. The monoisotopic (exact) mass is 314 g/mol. The SMILES string of the molecule is COC1C=C(c2cc(Cl)ccc2-n2cc(C#N)nn2)N=CN1. The van der Waals surface area contributed by atoms with Gasteiger partial charge >= 0.3 is 0 Å². The van der Waals surface area contributed by atoms with Crippen molar-refractivity contribution >= 4 is 23.6 Å². The summed E-state index contributed by atoms with van der Waals surface area (Å²) in [5.41, 5.74) is 2.41. The highest BCUT2D eigenvalue weighted by Crippen LogP contribution is 2.28. The van der Waals surface area contributed by atoms with E-state index in [1.807, 2.05) is 12.1 Å². The van der Waals surface area contributed by atoms with Gasteiger partial charge in [0, 0.05) is 17.7 Å². The van der Waals surface area contributed by atoms with Crippen LogP contribution in [0.4, 0.5) is 0 Å². The van der Waals surface area contributed by atoms with Gasteiger partial charge in [-0.25, -0.2) is 9.67 Å². The van der Waals surface area contributed by atoms with Crippen molar-refractivity contribution in [3.05, 3.63) is 46.8 Å². The molecule has 2 aromatic rings. The first-order valence-corrected chi connectivity index (χ1v) is 6.75. The Bertz CT molecular complexity index is 804. The van der Waals surface area contributed by atoms with Gasteiger partial charge in [-0.3, -0.25) is 0 Å². The summed E-state index contributed by atoms with van der Waals surface area (Å²) >= 11 is 6.10. The summed E-state index contributed by atoms with van der Waals surface area (Å²) in [5.74, 6) is 0. The van der Waals surface area contributed by atoms with Gasteiger partial charge in [-0.1, -0.05) is 16.8 Å². The Labute approximate surface area is 131 Å². The highest BCUT2D eigenvalue weighted by Gasteiger charge is 2.16. The maximum Gasteiger partial charge on any atom is 0.183 e. The van der Waals surface area contributed by atoms with E-state index in [0.29, 0.717) is 10.7 Å². The van der Waals surface area contributed by atoms with Crippen molar-refractivity contribution in [1.29, 1.82) is 5.26 Å². The van der Waals surface area contributed by atoms with Crippen molar-refractivity contribution in [2.75, 3.05) is 7.11 Å². The molecule has 3 rings (SSSR count). The topological polar surface area (TPSA) is 88.1 Å². The fourth-order valence-electron chi connectivity index (χ4n) is 2.06. The molecule has 1 N–H and O–H groups in total. The lowest BCUT2D eigenvalue weighted by atomic mass is 10.1. The molecule has 8 heteroatoms. The Morgan fingerprint density at radius 1 is 1.45 bits per heavy atom. The van der Waals surface area contributed by atoms with E-state index in [9.17, 15) is 0 Å². The van der Waals surface area contributed by atoms with E-state index in [1.165, 1.54) is 4.68 Å². The van der Waals surface area contributed by atoms with Gasteiger partial charge in [-0.05, 0) is 24.3 Å². The molecule has 0 amide bonds. The molecular formula is C14H11ClN6O. The summed E-state index contributed by atoms with van der Waals surface area (Å²) in [6, 6.07) is 7.28. The molecular weight excluding hydrogens is 304 g/mol. The first-order valence-electron chi connectivity index (χ1n) is 6.37. The summed E-state index contributed by atoms with van der Waals surface area (Å²) in [7, 11) is 1.60. The third-order valence-electron chi connectivity index (χ3n) is 3.09. The van der Waals surface area contributed by atoms with E-state index in [2.05, 4.69) is 20.6 Å². The lowest BCUT2D eigenvalue weighted by Gasteiger charge is -2.18. The summed E-state index contributed by atoms with van der Waals surface area (Å²) in [6.07, 6.45) is 4.67. The van der Waals surface area contributed by atoms with Crippen LogP contribution in [0, 0.1) is 11.3 Å². The highest BCUT2D eigenvalue weighted by molar-refractivity contribution is 6.30. The van der Waals surface area contributed by atoms with Crippen LogP contribution in [0.5, 0.6) is 0 Å². The molecule has 1 aromatic heterocycles. The molecule has 0 bridgehead atoms. The highest BCUT2D eigenvalue weighted by atomic mass is 35.5. The number of ether oxygens (including phenoxy) is 1. The fourth-order valence-corrected chi connectivity index (χ4v) is 2.23. The van der Waals surface area contributed by atoms with Crippen LogP contribution in [0.15, 0.2) is 35.5 Å². The number of benzene rings is 1. The van der Waals surface area contributed by atoms with Crippen LogP contribution in [-0.4, -0.2) is 34.7 Å². The Balaban J connectivity index is 2.11. The standard InChI is InChI=1S/C14H11ClN6O/c1-22-14-5-12(17-8-18-14)11-4-9(15)2-3-13(11)21-7-10(6-16)19-20-21/h2-5,7-8,14H,1H3,(H,17,18). The van der Waals surface area contributed by atoms with Gasteiger partial charge in [-0.2, -0.15) is 5.26 Å². The first-order chi connectivity index (χ1) is 10.7. The molecule has 1 aliphatic rings. The van der Waals surface area contributed by atoms with E-state index in [0.717, 1.165) is 11.3 Å². The third kappa shape index (κ3) is 2.70. The van der Waals surface area contributed by atoms with Crippen molar-refractivity contribution in [1.82, 2.24) is 20.3 Å². The van der Waals surface area contributed by atoms with Crippen LogP contribution in [0.2, 0.25) is 5.02 Å². The van der Waals surface area contributed by atoms with Crippen molar-refractivity contribution in [3.8, 4) is 11.8 Å². The number of hydrogen-bond donors (Lipinski definition) is 1. The third-order valence-corrected chi connectivity index (χ3v) is 3.33. The molecule has 0 spiro atoms. The number of rotatable bonds is 3. The lowest BCUT2D eigenvalue weighted by Crippen LogP contribution is -2.30.